The van der Waals surface area contributed by atoms with Crippen LogP contribution in [0.2, 0.25) is 5.02 Å². The Hall–Kier alpha value is -3.06. The Bertz CT molecular complexity index is 902. The molecular weight excluding hydrogens is 384 g/mol. The van der Waals surface area contributed by atoms with E-state index in [2.05, 4.69) is 5.32 Å². The maximum Gasteiger partial charge on any atom is 0.311 e. The van der Waals surface area contributed by atoms with Crippen LogP contribution in [0.3, 0.4) is 0 Å². The van der Waals surface area contributed by atoms with E-state index in [-0.39, 0.29) is 18.9 Å². The smallest absolute Gasteiger partial charge is 0.311 e. The lowest BCUT2D eigenvalue weighted by Gasteiger charge is -2.17. The zero-order valence-electron chi connectivity index (χ0n) is 15.2. The quantitative estimate of drug-likeness (QED) is 0.751. The molecule has 1 heterocycles. The number of para-hydroxylation sites is 1. The Kier molecular flexibility index (Phi) is 6.16. The highest BCUT2D eigenvalue weighted by atomic mass is 35.5. The molecule has 1 aliphatic heterocycles. The molecule has 0 saturated carbocycles. The number of rotatable bonds is 6. The Morgan fingerprint density at radius 1 is 1.21 bits per heavy atom. The molecule has 2 aromatic rings. The normalized spacial score (nSPS) is 16.0. The van der Waals surface area contributed by atoms with Crippen LogP contribution in [0.1, 0.15) is 6.42 Å². The Labute approximate surface area is 167 Å². The van der Waals surface area contributed by atoms with Crippen LogP contribution in [-0.2, 0) is 19.1 Å². The van der Waals surface area contributed by atoms with E-state index in [1.807, 2.05) is 0 Å². The number of halogens is 1. The van der Waals surface area contributed by atoms with Gasteiger partial charge in [0.1, 0.15) is 5.75 Å². The molecule has 3 rings (SSSR count). The van der Waals surface area contributed by atoms with Crippen molar-refractivity contribution in [3.05, 3.63) is 53.6 Å². The average molecular weight is 403 g/mol. The molecule has 28 heavy (non-hydrogen) atoms. The molecular formula is C20H19ClN2O5. The lowest BCUT2D eigenvalue weighted by molar-refractivity contribution is -0.151. The molecule has 0 radical (unpaired) electrons. The van der Waals surface area contributed by atoms with E-state index in [1.165, 1.54) is 4.90 Å². The first-order valence-electron chi connectivity index (χ1n) is 8.63. The molecule has 2 aromatic carbocycles. The number of carbonyl (C=O) groups is 3. The highest BCUT2D eigenvalue weighted by Crippen LogP contribution is 2.28. The van der Waals surface area contributed by atoms with Crippen LogP contribution in [0.15, 0.2) is 48.5 Å². The molecule has 1 atom stereocenters. The van der Waals surface area contributed by atoms with Crippen LogP contribution in [-0.4, -0.2) is 38.0 Å². The lowest BCUT2D eigenvalue weighted by atomic mass is 10.1. The summed E-state index contributed by atoms with van der Waals surface area (Å²) in [5, 5.41) is 2.96. The summed E-state index contributed by atoms with van der Waals surface area (Å²) < 4.78 is 10.2. The van der Waals surface area contributed by atoms with Gasteiger partial charge in [0.15, 0.2) is 6.61 Å². The monoisotopic (exact) mass is 402 g/mol. The van der Waals surface area contributed by atoms with Crippen molar-refractivity contribution < 1.29 is 23.9 Å². The van der Waals surface area contributed by atoms with Crippen molar-refractivity contribution in [2.45, 2.75) is 6.42 Å². The molecule has 146 valence electrons. The first-order valence-corrected chi connectivity index (χ1v) is 9.01. The minimum absolute atomic E-state index is 0.0299. The van der Waals surface area contributed by atoms with E-state index < -0.39 is 24.4 Å². The second-order valence-corrected chi connectivity index (χ2v) is 6.65. The van der Waals surface area contributed by atoms with Crippen LogP contribution in [0, 0.1) is 5.92 Å². The van der Waals surface area contributed by atoms with Crippen LogP contribution >= 0.6 is 11.6 Å². The molecule has 8 heteroatoms. The van der Waals surface area contributed by atoms with E-state index in [0.29, 0.717) is 22.1 Å². The van der Waals surface area contributed by atoms with Gasteiger partial charge in [0.25, 0.3) is 5.91 Å². The van der Waals surface area contributed by atoms with Gasteiger partial charge in [0.05, 0.1) is 23.7 Å². The first-order chi connectivity index (χ1) is 13.5. The van der Waals surface area contributed by atoms with Gasteiger partial charge in [-0.2, -0.15) is 0 Å². The van der Waals surface area contributed by atoms with Crippen LogP contribution in [0.25, 0.3) is 0 Å². The van der Waals surface area contributed by atoms with Crippen molar-refractivity contribution in [1.29, 1.82) is 0 Å². The van der Waals surface area contributed by atoms with Gasteiger partial charge in [-0.3, -0.25) is 14.4 Å². The van der Waals surface area contributed by atoms with Crippen molar-refractivity contribution in [1.82, 2.24) is 0 Å². The maximum absolute atomic E-state index is 12.3. The van der Waals surface area contributed by atoms with Crippen molar-refractivity contribution in [3.63, 3.8) is 0 Å². The van der Waals surface area contributed by atoms with Gasteiger partial charge in [-0.05, 0) is 24.3 Å². The maximum atomic E-state index is 12.3. The molecule has 1 aliphatic rings. The number of nitrogens with one attached hydrogen (secondary N) is 1. The lowest BCUT2D eigenvalue weighted by Crippen LogP contribution is -2.28. The zero-order valence-corrected chi connectivity index (χ0v) is 15.9. The van der Waals surface area contributed by atoms with Crippen LogP contribution in [0.4, 0.5) is 11.4 Å². The number of esters is 1. The molecule has 1 fully saturated rings. The molecule has 0 spiro atoms. The summed E-state index contributed by atoms with van der Waals surface area (Å²) in [7, 11) is 1.54. The third-order valence-electron chi connectivity index (χ3n) is 4.32. The largest absolute Gasteiger partial charge is 0.497 e. The molecule has 1 N–H and O–H groups in total. The summed E-state index contributed by atoms with van der Waals surface area (Å²) in [6.45, 7) is -0.259. The molecule has 1 unspecified atom stereocenters. The average Bonchev–Trinajstić information content (AvgIpc) is 3.10. The first kappa shape index (κ1) is 19.7. The summed E-state index contributed by atoms with van der Waals surface area (Å²) in [5.41, 5.74) is 1.08. The number of carbonyl (C=O) groups excluding carboxylic acids is 3. The summed E-state index contributed by atoms with van der Waals surface area (Å²) >= 11 is 5.97. The SMILES string of the molecule is COc1cccc(N2CC(C(=O)OCC(=O)Nc3ccccc3Cl)CC2=O)c1. The molecule has 0 aromatic heterocycles. The van der Waals surface area contributed by atoms with E-state index >= 15 is 0 Å². The molecule has 2 amide bonds. The van der Waals surface area contributed by atoms with Gasteiger partial charge < -0.3 is 19.7 Å². The fourth-order valence-electron chi connectivity index (χ4n) is 2.90. The predicted octanol–water partition coefficient (Wildman–Crippen LogP) is 2.88. The third kappa shape index (κ3) is 4.61. The fraction of sp³-hybridized carbons (Fsp3) is 0.250. The zero-order chi connectivity index (χ0) is 20.1. The topological polar surface area (TPSA) is 84.9 Å². The summed E-state index contributed by atoms with van der Waals surface area (Å²) in [4.78, 5) is 38.1. The minimum atomic E-state index is -0.633. The number of anilines is 2. The Balaban J connectivity index is 1.54. The Morgan fingerprint density at radius 3 is 2.75 bits per heavy atom. The van der Waals surface area contributed by atoms with Gasteiger partial charge >= 0.3 is 5.97 Å². The van der Waals surface area contributed by atoms with E-state index in [9.17, 15) is 14.4 Å². The molecule has 0 bridgehead atoms. The number of nitrogens with zero attached hydrogens (tertiary/aromatic N) is 1. The van der Waals surface area contributed by atoms with E-state index in [1.54, 1.807) is 55.6 Å². The number of methoxy groups -OCH3 is 1. The van der Waals surface area contributed by atoms with Crippen molar-refractivity contribution in [2.24, 2.45) is 5.92 Å². The van der Waals surface area contributed by atoms with Crippen molar-refractivity contribution >= 4 is 40.8 Å². The molecule has 1 saturated heterocycles. The summed E-state index contributed by atoms with van der Waals surface area (Å²) in [6, 6.07) is 13.8. The number of hydrogen-bond acceptors (Lipinski definition) is 5. The van der Waals surface area contributed by atoms with E-state index in [0.717, 1.165) is 0 Å². The van der Waals surface area contributed by atoms with Gasteiger partial charge in [0, 0.05) is 24.7 Å². The highest BCUT2D eigenvalue weighted by molar-refractivity contribution is 6.33. The summed E-state index contributed by atoms with van der Waals surface area (Å²) in [5.74, 6) is -1.29. The number of hydrogen-bond donors (Lipinski definition) is 1. The number of ether oxygens (including phenoxy) is 2. The number of benzene rings is 2. The van der Waals surface area contributed by atoms with Gasteiger partial charge in [0.2, 0.25) is 5.91 Å². The van der Waals surface area contributed by atoms with Gasteiger partial charge in [-0.1, -0.05) is 29.8 Å². The van der Waals surface area contributed by atoms with Gasteiger partial charge in [-0.15, -0.1) is 0 Å². The predicted molar refractivity (Wildman–Crippen MR) is 104 cm³/mol. The fourth-order valence-corrected chi connectivity index (χ4v) is 3.08. The number of amides is 2. The van der Waals surface area contributed by atoms with Gasteiger partial charge in [-0.25, -0.2) is 0 Å². The Morgan fingerprint density at radius 2 is 2.00 bits per heavy atom. The van der Waals surface area contributed by atoms with Crippen molar-refractivity contribution in [3.8, 4) is 5.75 Å². The second-order valence-electron chi connectivity index (χ2n) is 6.24. The second kappa shape index (κ2) is 8.75. The summed E-state index contributed by atoms with van der Waals surface area (Å²) in [6.07, 6.45) is 0.0299. The molecule has 0 aliphatic carbocycles. The van der Waals surface area contributed by atoms with Crippen molar-refractivity contribution in [2.75, 3.05) is 30.5 Å². The molecule has 7 nitrogen and oxygen atoms in total. The van der Waals surface area contributed by atoms with Crippen LogP contribution < -0.4 is 15.0 Å². The third-order valence-corrected chi connectivity index (χ3v) is 4.65. The van der Waals surface area contributed by atoms with Crippen LogP contribution in [0.5, 0.6) is 5.75 Å². The minimum Gasteiger partial charge on any atom is -0.497 e. The standard InChI is InChI=1S/C20H19ClN2O5/c1-27-15-6-4-5-14(10-15)23-11-13(9-19(23)25)20(26)28-12-18(24)22-17-8-3-2-7-16(17)21/h2-8,10,13H,9,11-12H2,1H3,(H,22,24). The van der Waals surface area contributed by atoms with E-state index in [4.69, 9.17) is 21.1 Å². The highest BCUT2D eigenvalue weighted by Gasteiger charge is 2.36.